The number of benzene rings is 1. The van der Waals surface area contributed by atoms with Gasteiger partial charge >= 0.3 is 6.18 Å². The van der Waals surface area contributed by atoms with Crippen molar-refractivity contribution < 1.29 is 22.7 Å². The highest BCUT2D eigenvalue weighted by Crippen LogP contribution is 2.29. The molecule has 1 aliphatic rings. The molecule has 0 bridgehead atoms. The molecule has 1 amide bonds. The van der Waals surface area contributed by atoms with Crippen molar-refractivity contribution in [1.82, 2.24) is 9.88 Å². The lowest BCUT2D eigenvalue weighted by Crippen LogP contribution is -2.36. The highest BCUT2D eigenvalue weighted by atomic mass is 32.2. The summed E-state index contributed by atoms with van der Waals surface area (Å²) in [7, 11) is 1.71. The number of hydrogen-bond donors (Lipinski definition) is 0. The summed E-state index contributed by atoms with van der Waals surface area (Å²) < 4.78 is 43.0. The molecule has 5 nitrogen and oxygen atoms in total. The Balaban J connectivity index is 1.48. The first-order chi connectivity index (χ1) is 13.8. The number of hydrogen-bond acceptors (Lipinski definition) is 5. The fourth-order valence-corrected chi connectivity index (χ4v) is 3.66. The van der Waals surface area contributed by atoms with Crippen molar-refractivity contribution in [2.45, 2.75) is 17.7 Å². The van der Waals surface area contributed by atoms with Crippen LogP contribution in [0.3, 0.4) is 0 Å². The second kappa shape index (κ2) is 9.49. The van der Waals surface area contributed by atoms with Gasteiger partial charge in [0.05, 0.1) is 29.6 Å². The molecule has 1 fully saturated rings. The van der Waals surface area contributed by atoms with Crippen molar-refractivity contribution in [2.24, 2.45) is 0 Å². The third kappa shape index (κ3) is 6.11. The summed E-state index contributed by atoms with van der Waals surface area (Å²) in [6.07, 6.45) is -3.63. The van der Waals surface area contributed by atoms with Crippen LogP contribution in [0.5, 0.6) is 0 Å². The third-order valence-electron chi connectivity index (χ3n) is 4.57. The number of morpholine rings is 1. The second-order valence-electron chi connectivity index (χ2n) is 6.69. The summed E-state index contributed by atoms with van der Waals surface area (Å²) in [5.74, 6) is -0.00488. The average Bonchev–Trinajstić information content (AvgIpc) is 2.73. The van der Waals surface area contributed by atoms with Gasteiger partial charge in [-0.15, -0.1) is 0 Å². The van der Waals surface area contributed by atoms with E-state index in [9.17, 15) is 18.0 Å². The maximum absolute atomic E-state index is 12.6. The first kappa shape index (κ1) is 21.4. The number of aromatic nitrogens is 1. The van der Waals surface area contributed by atoms with Gasteiger partial charge in [0, 0.05) is 38.6 Å². The summed E-state index contributed by atoms with van der Waals surface area (Å²) in [4.78, 5) is 20.0. The number of ether oxygens (including phenoxy) is 1. The fourth-order valence-electron chi connectivity index (χ4n) is 2.87. The standard InChI is InChI=1S/C20H22F3N3O2S/c1-25(13-15-2-5-17(6-3-15)26-8-10-28-11-9-26)19(27)14-29-18-7-4-16(12-24-18)20(21,22)23/h2-7,12H,8-11,13-14H2,1H3. The fraction of sp³-hybridized carbons (Fsp3) is 0.400. The largest absolute Gasteiger partial charge is 0.417 e. The molecule has 9 heteroatoms. The van der Waals surface area contributed by atoms with Crippen molar-refractivity contribution in [3.8, 4) is 0 Å². The molecule has 156 valence electrons. The van der Waals surface area contributed by atoms with Crippen LogP contribution in [0.1, 0.15) is 11.1 Å². The predicted molar refractivity (Wildman–Crippen MR) is 106 cm³/mol. The molecule has 0 N–H and O–H groups in total. The molecule has 0 spiro atoms. The quantitative estimate of drug-likeness (QED) is 0.661. The number of carbonyl (C=O) groups excluding carboxylic acids is 1. The van der Waals surface area contributed by atoms with Crippen LogP contribution in [0.25, 0.3) is 0 Å². The minimum Gasteiger partial charge on any atom is -0.378 e. The van der Waals surface area contributed by atoms with Crippen LogP contribution in [0.4, 0.5) is 18.9 Å². The van der Waals surface area contributed by atoms with Gasteiger partial charge in [-0.05, 0) is 29.8 Å². The molecule has 0 radical (unpaired) electrons. The van der Waals surface area contributed by atoms with Gasteiger partial charge in [0.2, 0.25) is 5.91 Å². The summed E-state index contributed by atoms with van der Waals surface area (Å²) in [5.41, 5.74) is 1.34. The first-order valence-corrected chi connectivity index (χ1v) is 10.1. The summed E-state index contributed by atoms with van der Waals surface area (Å²) in [6.45, 7) is 3.65. The molecular weight excluding hydrogens is 403 g/mol. The van der Waals surface area contributed by atoms with Crippen LogP contribution >= 0.6 is 11.8 Å². The maximum Gasteiger partial charge on any atom is 0.417 e. The number of pyridine rings is 1. The normalized spacial score (nSPS) is 14.7. The first-order valence-electron chi connectivity index (χ1n) is 9.14. The Kier molecular flexibility index (Phi) is 7.02. The molecule has 1 aliphatic heterocycles. The van der Waals surface area contributed by atoms with Gasteiger partial charge in [-0.1, -0.05) is 23.9 Å². The maximum atomic E-state index is 12.6. The van der Waals surface area contributed by atoms with Crippen LogP contribution in [-0.2, 0) is 22.3 Å². The molecule has 1 aromatic carbocycles. The smallest absolute Gasteiger partial charge is 0.378 e. The zero-order valence-electron chi connectivity index (χ0n) is 16.0. The zero-order chi connectivity index (χ0) is 20.9. The van der Waals surface area contributed by atoms with Crippen molar-refractivity contribution in [3.63, 3.8) is 0 Å². The van der Waals surface area contributed by atoms with Gasteiger partial charge in [0.15, 0.2) is 0 Å². The molecule has 0 aliphatic carbocycles. The van der Waals surface area contributed by atoms with Crippen LogP contribution < -0.4 is 4.90 Å². The Labute approximate surface area is 171 Å². The number of alkyl halides is 3. The molecule has 0 atom stereocenters. The number of anilines is 1. The van der Waals surface area contributed by atoms with Crippen molar-refractivity contribution >= 4 is 23.4 Å². The number of nitrogens with zero attached hydrogens (tertiary/aromatic N) is 3. The monoisotopic (exact) mass is 425 g/mol. The lowest BCUT2D eigenvalue weighted by Gasteiger charge is -2.29. The van der Waals surface area contributed by atoms with Gasteiger partial charge < -0.3 is 14.5 Å². The lowest BCUT2D eigenvalue weighted by molar-refractivity contribution is -0.138. The highest BCUT2D eigenvalue weighted by molar-refractivity contribution is 7.99. The highest BCUT2D eigenvalue weighted by Gasteiger charge is 2.30. The minimum absolute atomic E-state index is 0.112. The van der Waals surface area contributed by atoms with Gasteiger partial charge in [-0.3, -0.25) is 4.79 Å². The van der Waals surface area contributed by atoms with E-state index in [2.05, 4.69) is 9.88 Å². The van der Waals surface area contributed by atoms with Gasteiger partial charge in [-0.2, -0.15) is 13.2 Å². The Morgan fingerprint density at radius 1 is 1.17 bits per heavy atom. The summed E-state index contributed by atoms with van der Waals surface area (Å²) in [6, 6.07) is 10.3. The third-order valence-corrected chi connectivity index (χ3v) is 5.49. The van der Waals surface area contributed by atoms with E-state index in [0.717, 1.165) is 61.6 Å². The average molecular weight is 425 g/mol. The second-order valence-corrected chi connectivity index (χ2v) is 7.68. The lowest BCUT2D eigenvalue weighted by atomic mass is 10.2. The molecular formula is C20H22F3N3O2S. The van der Waals surface area contributed by atoms with E-state index in [1.54, 1.807) is 11.9 Å². The molecule has 0 saturated carbocycles. The number of thioether (sulfide) groups is 1. The number of rotatable bonds is 6. The number of halogens is 3. The Morgan fingerprint density at radius 3 is 2.45 bits per heavy atom. The van der Waals surface area contributed by atoms with Gasteiger partial charge in [0.1, 0.15) is 0 Å². The molecule has 3 rings (SSSR count). The van der Waals surface area contributed by atoms with Crippen molar-refractivity contribution in [1.29, 1.82) is 0 Å². The van der Waals surface area contributed by atoms with E-state index in [-0.39, 0.29) is 11.7 Å². The topological polar surface area (TPSA) is 45.7 Å². The van der Waals surface area contributed by atoms with Gasteiger partial charge in [-0.25, -0.2) is 4.98 Å². The zero-order valence-corrected chi connectivity index (χ0v) is 16.8. The number of amides is 1. The predicted octanol–water partition coefficient (Wildman–Crippen LogP) is 3.69. The van der Waals surface area contributed by atoms with E-state index in [4.69, 9.17) is 4.74 Å². The summed E-state index contributed by atoms with van der Waals surface area (Å²) >= 11 is 1.12. The van der Waals surface area contributed by atoms with Crippen LogP contribution in [0, 0.1) is 0 Å². The molecule has 29 heavy (non-hydrogen) atoms. The SMILES string of the molecule is CN(Cc1ccc(N2CCOCC2)cc1)C(=O)CSc1ccc(C(F)(F)F)cn1. The summed E-state index contributed by atoms with van der Waals surface area (Å²) in [5, 5.41) is 0.384. The van der Waals surface area contributed by atoms with E-state index in [1.807, 2.05) is 24.3 Å². The van der Waals surface area contributed by atoms with Crippen molar-refractivity contribution in [3.05, 3.63) is 53.7 Å². The minimum atomic E-state index is -4.41. The van der Waals surface area contributed by atoms with Crippen LogP contribution in [0.15, 0.2) is 47.6 Å². The molecule has 0 unspecified atom stereocenters. The Morgan fingerprint density at radius 2 is 1.86 bits per heavy atom. The number of carbonyl (C=O) groups is 1. The Hall–Kier alpha value is -2.26. The van der Waals surface area contributed by atoms with Crippen LogP contribution in [0.2, 0.25) is 0 Å². The van der Waals surface area contributed by atoms with E-state index >= 15 is 0 Å². The van der Waals surface area contributed by atoms with Gasteiger partial charge in [0.25, 0.3) is 0 Å². The van der Waals surface area contributed by atoms with E-state index < -0.39 is 11.7 Å². The van der Waals surface area contributed by atoms with E-state index in [0.29, 0.717) is 11.6 Å². The molecule has 2 aromatic rings. The van der Waals surface area contributed by atoms with Crippen molar-refractivity contribution in [2.75, 3.05) is 44.0 Å². The molecule has 2 heterocycles. The molecule has 1 saturated heterocycles. The molecule has 1 aromatic heterocycles. The Bertz CT molecular complexity index is 807. The van der Waals surface area contributed by atoms with Crippen LogP contribution in [-0.4, -0.2) is 54.9 Å². The van der Waals surface area contributed by atoms with E-state index in [1.165, 1.54) is 6.07 Å².